The van der Waals surface area contributed by atoms with Gasteiger partial charge >= 0.3 is 6.09 Å². The zero-order valence-corrected chi connectivity index (χ0v) is 23.4. The molecule has 1 aromatic heterocycles. The van der Waals surface area contributed by atoms with E-state index in [1.165, 1.54) is 37.3 Å². The molecule has 1 atom stereocenters. The van der Waals surface area contributed by atoms with E-state index in [4.69, 9.17) is 16.3 Å². The zero-order chi connectivity index (χ0) is 29.6. The monoisotopic (exact) mass is 606 g/mol. The van der Waals surface area contributed by atoms with Gasteiger partial charge in [-0.2, -0.15) is 0 Å². The van der Waals surface area contributed by atoms with Crippen molar-refractivity contribution in [3.05, 3.63) is 113 Å². The van der Waals surface area contributed by atoms with Gasteiger partial charge in [0.15, 0.2) is 0 Å². The average molecular weight is 607 g/mol. The normalized spacial score (nSPS) is 12.1. The zero-order valence-electron chi connectivity index (χ0n) is 21.8. The minimum absolute atomic E-state index is 0.138. The lowest BCUT2D eigenvalue weighted by molar-refractivity contribution is 0.139. The summed E-state index contributed by atoms with van der Waals surface area (Å²) in [4.78, 5) is 16.0. The highest BCUT2D eigenvalue weighted by Gasteiger charge is 2.34. The molecular weight excluding hydrogens is 581 g/mol. The Labute approximate surface area is 240 Å². The number of rotatable bonds is 11. The third-order valence-electron chi connectivity index (χ3n) is 6.20. The first-order chi connectivity index (χ1) is 19.6. The number of alkyl carbamates (subject to hydrolysis) is 1. The van der Waals surface area contributed by atoms with Crippen molar-refractivity contribution in [1.82, 2.24) is 14.9 Å². The predicted molar refractivity (Wildman–Crippen MR) is 147 cm³/mol. The lowest BCUT2D eigenvalue weighted by atomic mass is 10.0. The average Bonchev–Trinajstić information content (AvgIpc) is 3.46. The Morgan fingerprint density at radius 1 is 1.07 bits per heavy atom. The first kappa shape index (κ1) is 29.9. The highest BCUT2D eigenvalue weighted by molar-refractivity contribution is 7.92. The molecule has 0 spiro atoms. The van der Waals surface area contributed by atoms with E-state index in [-0.39, 0.29) is 21.0 Å². The summed E-state index contributed by atoms with van der Waals surface area (Å²) in [5, 5.41) is 2.87. The highest BCUT2D eigenvalue weighted by Crippen LogP contribution is 2.37. The van der Waals surface area contributed by atoms with Gasteiger partial charge in [-0.3, -0.25) is 4.31 Å². The molecule has 8 nitrogen and oxygen atoms in total. The second kappa shape index (κ2) is 13.1. The number of carbonyl (C=O) groups excluding carboxylic acids is 1. The first-order valence-corrected chi connectivity index (χ1v) is 14.3. The van der Waals surface area contributed by atoms with Crippen LogP contribution in [0.15, 0.2) is 84.3 Å². The van der Waals surface area contributed by atoms with E-state index >= 15 is 4.39 Å². The molecule has 1 amide bonds. The highest BCUT2D eigenvalue weighted by atomic mass is 35.5. The molecule has 3 aromatic carbocycles. The molecule has 4 rings (SSSR count). The van der Waals surface area contributed by atoms with Crippen LogP contribution in [0.4, 0.5) is 23.7 Å². The minimum Gasteiger partial charge on any atom is -0.445 e. The fourth-order valence-corrected chi connectivity index (χ4v) is 5.98. The van der Waals surface area contributed by atoms with Crippen molar-refractivity contribution in [3.63, 3.8) is 0 Å². The van der Waals surface area contributed by atoms with Crippen molar-refractivity contribution in [2.75, 3.05) is 10.8 Å². The topological polar surface area (TPSA) is 93.5 Å². The summed E-state index contributed by atoms with van der Waals surface area (Å²) >= 11 is 5.92. The molecule has 0 fully saturated rings. The lowest BCUT2D eigenvalue weighted by Gasteiger charge is -2.32. The van der Waals surface area contributed by atoms with E-state index in [1.807, 2.05) is 4.57 Å². The number of benzene rings is 3. The molecule has 0 unspecified atom stereocenters. The molecule has 216 valence electrons. The Morgan fingerprint density at radius 3 is 2.49 bits per heavy atom. The Morgan fingerprint density at radius 2 is 1.78 bits per heavy atom. The van der Waals surface area contributed by atoms with Crippen molar-refractivity contribution in [2.24, 2.45) is 0 Å². The molecule has 1 N–H and O–H groups in total. The summed E-state index contributed by atoms with van der Waals surface area (Å²) in [5.41, 5.74) is -0.209. The number of imidazole rings is 1. The summed E-state index contributed by atoms with van der Waals surface area (Å²) in [6.07, 6.45) is 4.92. The molecule has 41 heavy (non-hydrogen) atoms. The summed E-state index contributed by atoms with van der Waals surface area (Å²) in [6, 6.07) is 9.92. The fourth-order valence-electron chi connectivity index (χ4n) is 4.22. The second-order valence-corrected chi connectivity index (χ2v) is 11.3. The van der Waals surface area contributed by atoms with Crippen molar-refractivity contribution < 1.29 is 31.1 Å². The third-order valence-corrected chi connectivity index (χ3v) is 8.35. The molecule has 4 aromatic rings. The number of carbonyl (C=O) groups is 1. The lowest BCUT2D eigenvalue weighted by Crippen LogP contribution is -2.35. The number of aromatic nitrogens is 2. The number of sulfonamides is 1. The maximum atomic E-state index is 15.0. The molecule has 0 bridgehead atoms. The predicted octanol–water partition coefficient (Wildman–Crippen LogP) is 6.23. The molecule has 1 heterocycles. The molecule has 0 radical (unpaired) electrons. The quantitative estimate of drug-likeness (QED) is 0.204. The van der Waals surface area contributed by atoms with E-state index in [0.717, 1.165) is 30.3 Å². The largest absolute Gasteiger partial charge is 0.445 e. The molecule has 0 saturated heterocycles. The Kier molecular flexibility index (Phi) is 9.56. The van der Waals surface area contributed by atoms with Crippen LogP contribution in [0.3, 0.4) is 0 Å². The smallest absolute Gasteiger partial charge is 0.407 e. The van der Waals surface area contributed by atoms with Crippen LogP contribution in [-0.4, -0.2) is 30.6 Å². The molecule has 0 aliphatic heterocycles. The van der Waals surface area contributed by atoms with Gasteiger partial charge in [-0.05, 0) is 73.0 Å². The molecule has 0 saturated carbocycles. The summed E-state index contributed by atoms with van der Waals surface area (Å²) in [6.45, 7) is 1.95. The van der Waals surface area contributed by atoms with Crippen molar-refractivity contribution in [1.29, 1.82) is 0 Å². The Hall–Kier alpha value is -4.03. The van der Waals surface area contributed by atoms with Gasteiger partial charge < -0.3 is 14.6 Å². The summed E-state index contributed by atoms with van der Waals surface area (Å²) in [5.74, 6) is -2.52. The van der Waals surface area contributed by atoms with Crippen molar-refractivity contribution >= 4 is 33.4 Å². The summed E-state index contributed by atoms with van der Waals surface area (Å²) in [7, 11) is -4.50. The van der Waals surface area contributed by atoms with Crippen LogP contribution >= 0.6 is 11.6 Å². The van der Waals surface area contributed by atoms with Gasteiger partial charge in [-0.25, -0.2) is 31.4 Å². The van der Waals surface area contributed by atoms with Crippen LogP contribution in [0, 0.1) is 17.5 Å². The molecule has 13 heteroatoms. The van der Waals surface area contributed by atoms with Gasteiger partial charge in [0.1, 0.15) is 24.1 Å². The minimum atomic E-state index is -4.50. The second-order valence-electron chi connectivity index (χ2n) is 9.03. The maximum absolute atomic E-state index is 15.0. The van der Waals surface area contributed by atoms with Crippen LogP contribution in [0.1, 0.15) is 30.5 Å². The number of ether oxygens (including phenoxy) is 1. The number of hydrogen-bond acceptors (Lipinski definition) is 5. The van der Waals surface area contributed by atoms with E-state index in [2.05, 4.69) is 10.3 Å². The Balaban J connectivity index is 1.60. The first-order valence-electron chi connectivity index (χ1n) is 12.5. The van der Waals surface area contributed by atoms with Crippen LogP contribution < -0.4 is 9.62 Å². The number of hydrogen-bond donors (Lipinski definition) is 1. The van der Waals surface area contributed by atoms with Gasteiger partial charge in [0, 0.05) is 36.6 Å². The van der Waals surface area contributed by atoms with Gasteiger partial charge in [0.05, 0.1) is 23.0 Å². The van der Waals surface area contributed by atoms with Crippen LogP contribution in [0.2, 0.25) is 5.02 Å². The molecular formula is C28H26ClF3N4O4S. The van der Waals surface area contributed by atoms with Gasteiger partial charge in [0.25, 0.3) is 10.0 Å². The number of halogens is 4. The van der Waals surface area contributed by atoms with E-state index in [0.29, 0.717) is 23.8 Å². The van der Waals surface area contributed by atoms with E-state index in [1.54, 1.807) is 18.7 Å². The van der Waals surface area contributed by atoms with Crippen molar-refractivity contribution in [2.45, 2.75) is 37.4 Å². The van der Waals surface area contributed by atoms with Crippen molar-refractivity contribution in [3.8, 4) is 0 Å². The van der Waals surface area contributed by atoms with Crippen LogP contribution in [0.25, 0.3) is 0 Å². The Bertz CT molecular complexity index is 1600. The maximum Gasteiger partial charge on any atom is 0.407 e. The number of anilines is 1. The molecule has 0 aliphatic carbocycles. The van der Waals surface area contributed by atoms with E-state index in [9.17, 15) is 22.0 Å². The van der Waals surface area contributed by atoms with Gasteiger partial charge in [-0.15, -0.1) is 0 Å². The third kappa shape index (κ3) is 7.39. The number of amides is 1. The number of nitrogens with zero attached hydrogens (tertiary/aromatic N) is 3. The number of aryl methyl sites for hydroxylation is 1. The fraction of sp³-hybridized carbons (Fsp3) is 0.214. The van der Waals surface area contributed by atoms with Gasteiger partial charge in [0.2, 0.25) is 0 Å². The van der Waals surface area contributed by atoms with Crippen LogP contribution in [-0.2, 0) is 27.9 Å². The van der Waals surface area contributed by atoms with E-state index < -0.39 is 51.9 Å². The standard InChI is InChI=1S/C28H26ClF3N4O4S/c1-19(36(27-16-23(31)6-10-26(27)32)41(38,39)24-7-3-21(29)4-8-24)25-9-5-22(30)15-20(25)17-40-28(37)34-11-2-13-35-14-12-33-18-35/h3-10,12,14-16,18-19H,2,11,13,17H2,1H3,(H,34,37)/t19-/m1/s1. The number of nitrogens with one attached hydrogen (secondary N) is 1. The summed E-state index contributed by atoms with van der Waals surface area (Å²) < 4.78 is 79.0. The van der Waals surface area contributed by atoms with Crippen LogP contribution in [0.5, 0.6) is 0 Å². The van der Waals surface area contributed by atoms with Gasteiger partial charge in [-0.1, -0.05) is 17.7 Å². The SMILES string of the molecule is C[C@H](c1ccc(F)cc1COC(=O)NCCCn1ccnc1)N(c1cc(F)ccc1F)S(=O)(=O)c1ccc(Cl)cc1. The molecule has 0 aliphatic rings.